The Labute approximate surface area is 115 Å². The standard InChI is InChI=1S/C15H23N3O/c1-2-19-15-10-12(5-6-14(15)16)18-9-8-17-7-3-4-13(17)11-18/h5-6,10,13H,2-4,7-9,11,16H2,1H3/t13-/m0/s1. The number of nitrogens with zero attached hydrogens (tertiary/aromatic N) is 2. The van der Waals surface area contributed by atoms with E-state index < -0.39 is 0 Å². The van der Waals surface area contributed by atoms with Gasteiger partial charge in [-0.2, -0.15) is 0 Å². The summed E-state index contributed by atoms with van der Waals surface area (Å²) in [6.07, 6.45) is 2.69. The molecule has 0 bridgehead atoms. The molecule has 1 aromatic carbocycles. The number of anilines is 2. The Morgan fingerprint density at radius 1 is 1.32 bits per heavy atom. The number of hydrogen-bond acceptors (Lipinski definition) is 4. The molecule has 2 heterocycles. The smallest absolute Gasteiger partial charge is 0.144 e. The monoisotopic (exact) mass is 261 g/mol. The van der Waals surface area contributed by atoms with Crippen molar-refractivity contribution < 1.29 is 4.74 Å². The van der Waals surface area contributed by atoms with Crippen molar-refractivity contribution >= 4 is 11.4 Å². The maximum absolute atomic E-state index is 5.94. The summed E-state index contributed by atoms with van der Waals surface area (Å²) in [5, 5.41) is 0. The van der Waals surface area contributed by atoms with Crippen LogP contribution in [0.5, 0.6) is 5.75 Å². The van der Waals surface area contributed by atoms with Crippen LogP contribution >= 0.6 is 0 Å². The highest BCUT2D eigenvalue weighted by Crippen LogP contribution is 2.30. The summed E-state index contributed by atoms with van der Waals surface area (Å²) in [4.78, 5) is 5.09. The predicted octanol–water partition coefficient (Wildman–Crippen LogP) is 1.95. The quantitative estimate of drug-likeness (QED) is 0.845. The van der Waals surface area contributed by atoms with Crippen LogP contribution in [0, 0.1) is 0 Å². The molecule has 0 unspecified atom stereocenters. The highest BCUT2D eigenvalue weighted by Gasteiger charge is 2.30. The lowest BCUT2D eigenvalue weighted by Gasteiger charge is -2.39. The second-order valence-corrected chi connectivity index (χ2v) is 5.43. The lowest BCUT2D eigenvalue weighted by atomic mass is 10.1. The zero-order chi connectivity index (χ0) is 13.2. The van der Waals surface area contributed by atoms with E-state index in [4.69, 9.17) is 10.5 Å². The summed E-state index contributed by atoms with van der Waals surface area (Å²) in [6, 6.07) is 6.90. The van der Waals surface area contributed by atoms with E-state index in [1.165, 1.54) is 31.6 Å². The largest absolute Gasteiger partial charge is 0.492 e. The van der Waals surface area contributed by atoms with Gasteiger partial charge < -0.3 is 15.4 Å². The van der Waals surface area contributed by atoms with Gasteiger partial charge in [-0.1, -0.05) is 0 Å². The predicted molar refractivity (Wildman–Crippen MR) is 78.8 cm³/mol. The fraction of sp³-hybridized carbons (Fsp3) is 0.600. The number of fused-ring (bicyclic) bond motifs is 1. The van der Waals surface area contributed by atoms with E-state index in [1.54, 1.807) is 0 Å². The van der Waals surface area contributed by atoms with Gasteiger partial charge in [-0.05, 0) is 38.4 Å². The van der Waals surface area contributed by atoms with Crippen molar-refractivity contribution in [2.75, 3.05) is 43.4 Å². The lowest BCUT2D eigenvalue weighted by molar-refractivity contribution is 0.231. The molecule has 0 aliphatic carbocycles. The molecule has 2 saturated heterocycles. The summed E-state index contributed by atoms with van der Waals surface area (Å²) >= 11 is 0. The molecule has 104 valence electrons. The molecule has 0 spiro atoms. The fourth-order valence-electron chi connectivity index (χ4n) is 3.23. The van der Waals surface area contributed by atoms with Crippen LogP contribution in [0.4, 0.5) is 11.4 Å². The Morgan fingerprint density at radius 3 is 3.05 bits per heavy atom. The van der Waals surface area contributed by atoms with Crippen molar-refractivity contribution in [2.24, 2.45) is 0 Å². The minimum atomic E-state index is 0.657. The van der Waals surface area contributed by atoms with Crippen molar-refractivity contribution in [3.63, 3.8) is 0 Å². The van der Waals surface area contributed by atoms with Crippen LogP contribution in [0.2, 0.25) is 0 Å². The second kappa shape index (κ2) is 5.29. The number of hydrogen-bond donors (Lipinski definition) is 1. The minimum absolute atomic E-state index is 0.657. The zero-order valence-corrected chi connectivity index (χ0v) is 11.6. The van der Waals surface area contributed by atoms with Crippen molar-refractivity contribution in [3.8, 4) is 5.75 Å². The first-order chi connectivity index (χ1) is 9.28. The van der Waals surface area contributed by atoms with Gasteiger partial charge in [0, 0.05) is 37.4 Å². The Balaban J connectivity index is 1.76. The van der Waals surface area contributed by atoms with Gasteiger partial charge in [0.25, 0.3) is 0 Å². The first-order valence-electron chi connectivity index (χ1n) is 7.29. The van der Waals surface area contributed by atoms with Crippen LogP contribution < -0.4 is 15.4 Å². The summed E-state index contributed by atoms with van der Waals surface area (Å²) in [5.74, 6) is 0.814. The lowest BCUT2D eigenvalue weighted by Crippen LogP contribution is -2.50. The molecule has 3 rings (SSSR count). The van der Waals surface area contributed by atoms with E-state index in [-0.39, 0.29) is 0 Å². The molecule has 0 aromatic heterocycles. The van der Waals surface area contributed by atoms with E-state index in [1.807, 2.05) is 13.0 Å². The molecular weight excluding hydrogens is 238 g/mol. The fourth-order valence-corrected chi connectivity index (χ4v) is 3.23. The van der Waals surface area contributed by atoms with E-state index in [2.05, 4.69) is 21.9 Å². The summed E-state index contributed by atoms with van der Waals surface area (Å²) in [5.41, 5.74) is 7.91. The van der Waals surface area contributed by atoms with E-state index >= 15 is 0 Å². The normalized spacial score (nSPS) is 23.4. The van der Waals surface area contributed by atoms with Gasteiger partial charge in [-0.3, -0.25) is 4.90 Å². The van der Waals surface area contributed by atoms with E-state index in [0.717, 1.165) is 30.6 Å². The molecule has 1 aromatic rings. The summed E-state index contributed by atoms with van der Waals surface area (Å²) in [6.45, 7) is 7.35. The molecule has 4 nitrogen and oxygen atoms in total. The first kappa shape index (κ1) is 12.6. The maximum Gasteiger partial charge on any atom is 0.144 e. The molecule has 0 saturated carbocycles. The van der Waals surface area contributed by atoms with Gasteiger partial charge in [0.15, 0.2) is 0 Å². The molecule has 0 radical (unpaired) electrons. The molecule has 0 amide bonds. The van der Waals surface area contributed by atoms with E-state index in [9.17, 15) is 0 Å². The first-order valence-corrected chi connectivity index (χ1v) is 7.29. The number of nitrogen functional groups attached to an aromatic ring is 1. The maximum atomic E-state index is 5.94. The van der Waals surface area contributed by atoms with Gasteiger partial charge in [-0.15, -0.1) is 0 Å². The highest BCUT2D eigenvalue weighted by atomic mass is 16.5. The average Bonchev–Trinajstić information content (AvgIpc) is 2.89. The summed E-state index contributed by atoms with van der Waals surface area (Å²) in [7, 11) is 0. The number of ether oxygens (including phenoxy) is 1. The SMILES string of the molecule is CCOc1cc(N2CCN3CCC[C@H]3C2)ccc1N. The topological polar surface area (TPSA) is 41.7 Å². The zero-order valence-electron chi connectivity index (χ0n) is 11.6. The molecule has 19 heavy (non-hydrogen) atoms. The van der Waals surface area contributed by atoms with E-state index in [0.29, 0.717) is 6.61 Å². The number of nitrogens with two attached hydrogens (primary N) is 1. The van der Waals surface area contributed by atoms with Gasteiger partial charge in [0.2, 0.25) is 0 Å². The number of rotatable bonds is 3. The van der Waals surface area contributed by atoms with Crippen molar-refractivity contribution in [2.45, 2.75) is 25.8 Å². The van der Waals surface area contributed by atoms with Crippen LogP contribution in [0.3, 0.4) is 0 Å². The van der Waals surface area contributed by atoms with Gasteiger partial charge in [0.05, 0.1) is 12.3 Å². The minimum Gasteiger partial charge on any atom is -0.492 e. The molecule has 4 heteroatoms. The van der Waals surface area contributed by atoms with Crippen LogP contribution in [0.15, 0.2) is 18.2 Å². The third-order valence-electron chi connectivity index (χ3n) is 4.25. The molecule has 2 aliphatic heterocycles. The molecule has 2 N–H and O–H groups in total. The molecular formula is C15H23N3O. The van der Waals surface area contributed by atoms with Gasteiger partial charge >= 0.3 is 0 Å². The number of piperazine rings is 1. The van der Waals surface area contributed by atoms with Gasteiger partial charge in [-0.25, -0.2) is 0 Å². The molecule has 2 fully saturated rings. The van der Waals surface area contributed by atoms with Crippen molar-refractivity contribution in [1.82, 2.24) is 4.90 Å². The van der Waals surface area contributed by atoms with Crippen LogP contribution in [0.25, 0.3) is 0 Å². The average molecular weight is 261 g/mol. The van der Waals surface area contributed by atoms with Crippen molar-refractivity contribution in [1.29, 1.82) is 0 Å². The third kappa shape index (κ3) is 2.50. The Bertz CT molecular complexity index is 449. The third-order valence-corrected chi connectivity index (χ3v) is 4.25. The summed E-state index contributed by atoms with van der Waals surface area (Å²) < 4.78 is 5.59. The molecule has 1 atom stereocenters. The van der Waals surface area contributed by atoms with Gasteiger partial charge in [0.1, 0.15) is 5.75 Å². The highest BCUT2D eigenvalue weighted by molar-refractivity contribution is 5.62. The Hall–Kier alpha value is -1.42. The van der Waals surface area contributed by atoms with Crippen LogP contribution in [-0.4, -0.2) is 43.7 Å². The van der Waals surface area contributed by atoms with Crippen molar-refractivity contribution in [3.05, 3.63) is 18.2 Å². The second-order valence-electron chi connectivity index (χ2n) is 5.43. The Kier molecular flexibility index (Phi) is 3.51. The van der Waals surface area contributed by atoms with Crippen LogP contribution in [-0.2, 0) is 0 Å². The Morgan fingerprint density at radius 2 is 2.21 bits per heavy atom. The number of benzene rings is 1. The van der Waals surface area contributed by atoms with Crippen LogP contribution in [0.1, 0.15) is 19.8 Å². The molecule has 2 aliphatic rings.